The molecule has 0 aliphatic carbocycles. The predicted molar refractivity (Wildman–Crippen MR) is 38.3 cm³/mol. The molecule has 0 aliphatic heterocycles. The molecule has 0 unspecified atom stereocenters. The van der Waals surface area contributed by atoms with Crippen LogP contribution < -0.4 is 0 Å². The highest BCUT2D eigenvalue weighted by Crippen LogP contribution is 2.18. The van der Waals surface area contributed by atoms with E-state index in [2.05, 4.69) is 38.0 Å². The van der Waals surface area contributed by atoms with Gasteiger partial charge in [-0.25, -0.2) is 0 Å². The Balaban J connectivity index is 2.90. The number of nitrogens with one attached hydrogen (secondary N) is 1. The van der Waals surface area contributed by atoms with E-state index in [-0.39, 0.29) is 5.41 Å². The molecule has 1 aromatic heterocycles. The molecule has 0 spiro atoms. The zero-order chi connectivity index (χ0) is 6.91. The van der Waals surface area contributed by atoms with Crippen molar-refractivity contribution in [1.29, 1.82) is 0 Å². The van der Waals surface area contributed by atoms with Crippen molar-refractivity contribution in [2.45, 2.75) is 26.2 Å². The van der Waals surface area contributed by atoms with Gasteiger partial charge in [-0.05, 0) is 12.1 Å². The van der Waals surface area contributed by atoms with Crippen molar-refractivity contribution in [3.8, 4) is 0 Å². The largest absolute Gasteiger partial charge is 0.357 e. The molecule has 9 heavy (non-hydrogen) atoms. The summed E-state index contributed by atoms with van der Waals surface area (Å²) in [4.78, 5) is 3.05. The van der Waals surface area contributed by atoms with E-state index in [0.717, 1.165) is 0 Å². The van der Waals surface area contributed by atoms with Gasteiger partial charge in [0.1, 0.15) is 0 Å². The van der Waals surface area contributed by atoms with Crippen LogP contribution in [0.1, 0.15) is 26.5 Å². The van der Waals surface area contributed by atoms with Gasteiger partial charge in [-0.15, -0.1) is 0 Å². The molecule has 0 saturated carbocycles. The minimum absolute atomic E-state index is 0.236. The number of hydrogen-bond donors (Lipinski definition) is 1. The maximum Gasteiger partial charge on any atom is 0.0621 e. The SMILES string of the molecule is CC(C)(C)c1cc[c][nH]1. The molecule has 0 bridgehead atoms. The van der Waals surface area contributed by atoms with Gasteiger partial charge >= 0.3 is 0 Å². The summed E-state index contributed by atoms with van der Waals surface area (Å²) in [6.07, 6.45) is 2.91. The first-order valence-corrected chi connectivity index (χ1v) is 3.16. The van der Waals surface area contributed by atoms with E-state index in [9.17, 15) is 0 Å². The molecule has 0 aromatic carbocycles. The average Bonchev–Trinajstić information content (AvgIpc) is 2.08. The van der Waals surface area contributed by atoms with E-state index in [1.807, 2.05) is 6.07 Å². The van der Waals surface area contributed by atoms with E-state index in [1.54, 1.807) is 0 Å². The molecule has 0 aliphatic rings. The quantitative estimate of drug-likeness (QED) is 0.542. The van der Waals surface area contributed by atoms with Gasteiger partial charge in [-0.3, -0.25) is 0 Å². The van der Waals surface area contributed by atoms with E-state index >= 15 is 0 Å². The molecular weight excluding hydrogens is 110 g/mol. The van der Waals surface area contributed by atoms with Crippen LogP contribution in [0.15, 0.2) is 12.1 Å². The Hall–Kier alpha value is -0.720. The smallest absolute Gasteiger partial charge is 0.0621 e. The van der Waals surface area contributed by atoms with E-state index in [4.69, 9.17) is 0 Å². The van der Waals surface area contributed by atoms with Crippen molar-refractivity contribution in [3.05, 3.63) is 24.0 Å². The molecule has 0 fully saturated rings. The van der Waals surface area contributed by atoms with E-state index in [0.29, 0.717) is 0 Å². The Labute approximate surface area is 56.1 Å². The third-order valence-electron chi connectivity index (χ3n) is 1.35. The third kappa shape index (κ3) is 1.35. The van der Waals surface area contributed by atoms with Crippen molar-refractivity contribution in [1.82, 2.24) is 4.98 Å². The fourth-order valence-corrected chi connectivity index (χ4v) is 0.724. The first-order chi connectivity index (χ1) is 4.11. The maximum atomic E-state index is 3.05. The second kappa shape index (κ2) is 1.90. The number of rotatable bonds is 0. The predicted octanol–water partition coefficient (Wildman–Crippen LogP) is 2.11. The van der Waals surface area contributed by atoms with Crippen LogP contribution in [0.2, 0.25) is 0 Å². The summed E-state index contributed by atoms with van der Waals surface area (Å²) in [6, 6.07) is 3.96. The molecule has 49 valence electrons. The first kappa shape index (κ1) is 6.40. The van der Waals surface area contributed by atoms with Crippen LogP contribution in [-0.4, -0.2) is 4.98 Å². The van der Waals surface area contributed by atoms with Crippen LogP contribution >= 0.6 is 0 Å². The summed E-state index contributed by atoms with van der Waals surface area (Å²) in [5.41, 5.74) is 1.47. The molecule has 0 atom stereocenters. The summed E-state index contributed by atoms with van der Waals surface area (Å²) in [5, 5.41) is 0. The van der Waals surface area contributed by atoms with Gasteiger partial charge in [0.2, 0.25) is 0 Å². The zero-order valence-corrected chi connectivity index (χ0v) is 6.15. The number of H-pyrrole nitrogens is 1. The first-order valence-electron chi connectivity index (χ1n) is 3.16. The summed E-state index contributed by atoms with van der Waals surface area (Å²) in [5.74, 6) is 0. The minimum atomic E-state index is 0.236. The topological polar surface area (TPSA) is 15.8 Å². The molecular formula is C8H12N. The van der Waals surface area contributed by atoms with Crippen molar-refractivity contribution >= 4 is 0 Å². The monoisotopic (exact) mass is 122 g/mol. The lowest BCUT2D eigenvalue weighted by Gasteiger charge is -2.15. The molecule has 0 saturated heterocycles. The lowest BCUT2D eigenvalue weighted by atomic mass is 9.93. The van der Waals surface area contributed by atoms with Gasteiger partial charge in [0.15, 0.2) is 0 Å². The van der Waals surface area contributed by atoms with Crippen LogP contribution in [-0.2, 0) is 5.41 Å². The third-order valence-corrected chi connectivity index (χ3v) is 1.35. The summed E-state index contributed by atoms with van der Waals surface area (Å²) >= 11 is 0. The lowest BCUT2D eigenvalue weighted by molar-refractivity contribution is 0.572. The van der Waals surface area contributed by atoms with Crippen LogP contribution in [0.25, 0.3) is 0 Å². The van der Waals surface area contributed by atoms with Gasteiger partial charge in [-0.2, -0.15) is 0 Å². The highest BCUT2D eigenvalue weighted by atomic mass is 14.7. The highest BCUT2D eigenvalue weighted by molar-refractivity contribution is 5.12. The second-order valence-corrected chi connectivity index (χ2v) is 3.27. The molecule has 0 amide bonds. The summed E-state index contributed by atoms with van der Waals surface area (Å²) < 4.78 is 0. The Morgan fingerprint density at radius 1 is 1.44 bits per heavy atom. The normalized spacial score (nSPS) is 11.9. The van der Waals surface area contributed by atoms with E-state index < -0.39 is 0 Å². The summed E-state index contributed by atoms with van der Waals surface area (Å²) in [6.45, 7) is 6.52. The van der Waals surface area contributed by atoms with Crippen molar-refractivity contribution in [2.24, 2.45) is 0 Å². The van der Waals surface area contributed by atoms with Crippen LogP contribution in [0.4, 0.5) is 0 Å². The fourth-order valence-electron chi connectivity index (χ4n) is 0.724. The number of hydrogen-bond acceptors (Lipinski definition) is 0. The van der Waals surface area contributed by atoms with Crippen LogP contribution in [0.3, 0.4) is 0 Å². The molecule has 1 rings (SSSR count). The van der Waals surface area contributed by atoms with Crippen molar-refractivity contribution < 1.29 is 0 Å². The number of aromatic amines is 1. The Morgan fingerprint density at radius 2 is 2.11 bits per heavy atom. The van der Waals surface area contributed by atoms with Crippen molar-refractivity contribution in [3.63, 3.8) is 0 Å². The van der Waals surface area contributed by atoms with Crippen molar-refractivity contribution in [2.75, 3.05) is 0 Å². The van der Waals surface area contributed by atoms with Gasteiger partial charge in [0.25, 0.3) is 0 Å². The highest BCUT2D eigenvalue weighted by Gasteiger charge is 2.12. The standard InChI is InChI=1S/C8H12N/c1-8(2,3)7-5-4-6-9-7/h4-5,9H,1-3H3. The minimum Gasteiger partial charge on any atom is -0.357 e. The molecule has 1 aromatic rings. The number of aromatic nitrogens is 1. The fraction of sp³-hybridized carbons (Fsp3) is 0.500. The van der Waals surface area contributed by atoms with Gasteiger partial charge < -0.3 is 4.98 Å². The summed E-state index contributed by atoms with van der Waals surface area (Å²) in [7, 11) is 0. The molecule has 1 heteroatoms. The Bertz CT molecular complexity index is 167. The maximum absolute atomic E-state index is 3.05. The van der Waals surface area contributed by atoms with Gasteiger partial charge in [0, 0.05) is 11.1 Å². The Kier molecular flexibility index (Phi) is 1.35. The molecule has 1 N–H and O–H groups in total. The molecule has 1 nitrogen and oxygen atoms in total. The zero-order valence-electron chi connectivity index (χ0n) is 6.15. The molecule has 1 heterocycles. The van der Waals surface area contributed by atoms with Gasteiger partial charge in [-0.1, -0.05) is 20.8 Å². The molecule has 1 radical (unpaired) electrons. The van der Waals surface area contributed by atoms with Crippen LogP contribution in [0.5, 0.6) is 0 Å². The van der Waals surface area contributed by atoms with Crippen LogP contribution in [0, 0.1) is 6.20 Å². The average molecular weight is 122 g/mol. The van der Waals surface area contributed by atoms with E-state index in [1.165, 1.54) is 5.69 Å². The Morgan fingerprint density at radius 3 is 2.33 bits per heavy atom. The lowest BCUT2D eigenvalue weighted by Crippen LogP contribution is -2.10. The van der Waals surface area contributed by atoms with Gasteiger partial charge in [0.05, 0.1) is 6.20 Å². The second-order valence-electron chi connectivity index (χ2n) is 3.27.